The predicted octanol–water partition coefficient (Wildman–Crippen LogP) is 5.93. The van der Waals surface area contributed by atoms with Gasteiger partial charge in [-0.25, -0.2) is 0 Å². The Balaban J connectivity index is 1.87. The number of hydrogen-bond donors (Lipinski definition) is 0. The van der Waals surface area contributed by atoms with E-state index in [4.69, 9.17) is 23.2 Å². The zero-order valence-electron chi connectivity index (χ0n) is 16.9. The van der Waals surface area contributed by atoms with Crippen LogP contribution in [0.5, 0.6) is 0 Å². The molecule has 4 nitrogen and oxygen atoms in total. The van der Waals surface area contributed by atoms with E-state index in [1.54, 1.807) is 18.2 Å². The average Bonchev–Trinajstić information content (AvgIpc) is 3.00. The molecule has 1 aliphatic carbocycles. The van der Waals surface area contributed by atoms with E-state index in [0.717, 1.165) is 37.8 Å². The Kier molecular flexibility index (Phi) is 6.16. The summed E-state index contributed by atoms with van der Waals surface area (Å²) < 4.78 is 0. The number of carbonyl (C=O) groups is 2. The van der Waals surface area contributed by atoms with E-state index in [1.807, 2.05) is 42.2 Å². The summed E-state index contributed by atoms with van der Waals surface area (Å²) in [5.74, 6) is -0.501. The molecule has 1 aliphatic heterocycles. The molecular formula is C24H24Cl2N2O2. The Morgan fingerprint density at radius 3 is 2.30 bits per heavy atom. The number of imide groups is 1. The number of nitrogens with zero attached hydrogens (tertiary/aromatic N) is 2. The first kappa shape index (κ1) is 21.0. The molecule has 0 unspecified atom stereocenters. The zero-order valence-corrected chi connectivity index (χ0v) is 18.4. The maximum Gasteiger partial charge on any atom is 0.278 e. The van der Waals surface area contributed by atoms with Gasteiger partial charge in [0, 0.05) is 28.9 Å². The third-order valence-corrected chi connectivity index (χ3v) is 6.43. The molecule has 0 radical (unpaired) electrons. The van der Waals surface area contributed by atoms with Crippen molar-refractivity contribution in [2.75, 3.05) is 11.4 Å². The second kappa shape index (κ2) is 8.83. The van der Waals surface area contributed by atoms with Gasteiger partial charge in [0.1, 0.15) is 5.70 Å². The van der Waals surface area contributed by atoms with Gasteiger partial charge in [0.15, 0.2) is 0 Å². The first-order chi connectivity index (χ1) is 14.5. The van der Waals surface area contributed by atoms with Gasteiger partial charge >= 0.3 is 0 Å². The molecule has 0 N–H and O–H groups in total. The zero-order chi connectivity index (χ0) is 21.3. The first-order valence-corrected chi connectivity index (χ1v) is 11.2. The van der Waals surface area contributed by atoms with Gasteiger partial charge in [-0.05, 0) is 44.0 Å². The van der Waals surface area contributed by atoms with Crippen LogP contribution in [0.1, 0.15) is 44.6 Å². The molecular weight excluding hydrogens is 419 g/mol. The summed E-state index contributed by atoms with van der Waals surface area (Å²) in [5, 5.41) is 0.855. The van der Waals surface area contributed by atoms with Crippen molar-refractivity contribution < 1.29 is 9.59 Å². The van der Waals surface area contributed by atoms with Gasteiger partial charge in [0.25, 0.3) is 11.8 Å². The third kappa shape index (κ3) is 3.75. The lowest BCUT2D eigenvalue weighted by Crippen LogP contribution is -2.43. The molecule has 1 fully saturated rings. The maximum absolute atomic E-state index is 13.7. The number of benzene rings is 2. The summed E-state index contributed by atoms with van der Waals surface area (Å²) in [6.07, 6.45) is 4.91. The molecule has 0 saturated heterocycles. The highest BCUT2D eigenvalue weighted by Crippen LogP contribution is 2.40. The molecule has 1 heterocycles. The highest BCUT2D eigenvalue weighted by atomic mass is 35.5. The molecule has 2 aromatic carbocycles. The van der Waals surface area contributed by atoms with Crippen molar-refractivity contribution in [3.63, 3.8) is 0 Å². The summed E-state index contributed by atoms with van der Waals surface area (Å²) in [6.45, 7) is 2.52. The molecule has 2 amide bonds. The molecule has 2 aliphatic rings. The fraction of sp³-hybridized carbons (Fsp3) is 0.333. The van der Waals surface area contributed by atoms with Crippen LogP contribution < -0.4 is 4.90 Å². The standard InChI is InChI=1S/C24H24Cl2N2O2/c1-2-27(17-9-5-3-6-10-17)22-21(19-14-13-16(25)15-20(19)26)23(29)28(24(22)30)18-11-7-4-8-12-18/h3,5-6,9-10,13-15,18H,2,4,7-8,11-12H2,1H3. The van der Waals surface area contributed by atoms with E-state index in [1.165, 1.54) is 4.90 Å². The lowest BCUT2D eigenvalue weighted by molar-refractivity contribution is -0.140. The van der Waals surface area contributed by atoms with Gasteiger partial charge in [-0.15, -0.1) is 0 Å². The fourth-order valence-electron chi connectivity index (χ4n) is 4.47. The van der Waals surface area contributed by atoms with Crippen molar-refractivity contribution in [2.45, 2.75) is 45.1 Å². The van der Waals surface area contributed by atoms with Gasteiger partial charge in [-0.2, -0.15) is 0 Å². The van der Waals surface area contributed by atoms with Gasteiger partial charge in [-0.1, -0.05) is 66.7 Å². The Bertz CT molecular complexity index is 998. The maximum atomic E-state index is 13.7. The minimum Gasteiger partial charge on any atom is -0.337 e. The lowest BCUT2D eigenvalue weighted by atomic mass is 9.94. The molecule has 1 saturated carbocycles. The summed E-state index contributed by atoms with van der Waals surface area (Å²) in [7, 11) is 0. The smallest absolute Gasteiger partial charge is 0.278 e. The number of likely N-dealkylation sites (N-methyl/N-ethyl adjacent to an activating group) is 1. The van der Waals surface area contributed by atoms with Crippen LogP contribution in [0.25, 0.3) is 5.57 Å². The summed E-state index contributed by atoms with van der Waals surface area (Å²) in [6, 6.07) is 14.6. The highest BCUT2D eigenvalue weighted by Gasteiger charge is 2.45. The molecule has 0 aromatic heterocycles. The topological polar surface area (TPSA) is 40.6 Å². The third-order valence-electron chi connectivity index (χ3n) is 5.89. The largest absolute Gasteiger partial charge is 0.337 e. The highest BCUT2D eigenvalue weighted by molar-refractivity contribution is 6.41. The van der Waals surface area contributed by atoms with E-state index in [0.29, 0.717) is 33.4 Å². The quantitative estimate of drug-likeness (QED) is 0.538. The number of halogens is 2. The van der Waals surface area contributed by atoms with Crippen molar-refractivity contribution in [1.82, 2.24) is 4.90 Å². The Morgan fingerprint density at radius 2 is 1.67 bits per heavy atom. The molecule has 30 heavy (non-hydrogen) atoms. The van der Waals surface area contributed by atoms with Crippen LogP contribution >= 0.6 is 23.2 Å². The first-order valence-electron chi connectivity index (χ1n) is 10.4. The molecule has 2 aromatic rings. The molecule has 6 heteroatoms. The van der Waals surface area contributed by atoms with Crippen LogP contribution in [0, 0.1) is 0 Å². The SMILES string of the molecule is CCN(C1=C(c2ccc(Cl)cc2Cl)C(=O)N(C2CCCCC2)C1=O)c1ccccc1. The Labute approximate surface area is 187 Å². The van der Waals surface area contributed by atoms with Gasteiger partial charge < -0.3 is 4.90 Å². The van der Waals surface area contributed by atoms with Crippen LogP contribution in [0.15, 0.2) is 54.2 Å². The van der Waals surface area contributed by atoms with Crippen molar-refractivity contribution >= 4 is 46.3 Å². The van der Waals surface area contributed by atoms with Crippen molar-refractivity contribution in [3.05, 3.63) is 69.8 Å². The predicted molar refractivity (Wildman–Crippen MR) is 122 cm³/mol. The Hall–Kier alpha value is -2.30. The summed E-state index contributed by atoms with van der Waals surface area (Å²) in [5.41, 5.74) is 2.16. The molecule has 0 spiro atoms. The number of rotatable bonds is 5. The second-order valence-corrected chi connectivity index (χ2v) is 8.54. The molecule has 4 rings (SSSR count). The fourth-order valence-corrected chi connectivity index (χ4v) is 4.97. The number of carbonyl (C=O) groups excluding carboxylic acids is 2. The van der Waals surface area contributed by atoms with Crippen LogP contribution in [-0.4, -0.2) is 29.3 Å². The summed E-state index contributed by atoms with van der Waals surface area (Å²) in [4.78, 5) is 30.7. The van der Waals surface area contributed by atoms with E-state index in [-0.39, 0.29) is 17.9 Å². The van der Waals surface area contributed by atoms with Crippen molar-refractivity contribution in [2.24, 2.45) is 0 Å². The minimum atomic E-state index is -0.263. The Morgan fingerprint density at radius 1 is 0.967 bits per heavy atom. The van der Waals surface area contributed by atoms with Crippen molar-refractivity contribution in [3.8, 4) is 0 Å². The summed E-state index contributed by atoms with van der Waals surface area (Å²) >= 11 is 12.6. The van der Waals surface area contributed by atoms with E-state index >= 15 is 0 Å². The van der Waals surface area contributed by atoms with Crippen molar-refractivity contribution in [1.29, 1.82) is 0 Å². The molecule has 156 valence electrons. The van der Waals surface area contributed by atoms with E-state index < -0.39 is 0 Å². The van der Waals surface area contributed by atoms with Crippen LogP contribution in [0.3, 0.4) is 0 Å². The molecule has 0 atom stereocenters. The normalized spacial score (nSPS) is 17.8. The van der Waals surface area contributed by atoms with Gasteiger partial charge in [-0.3, -0.25) is 14.5 Å². The molecule has 0 bridgehead atoms. The second-order valence-electron chi connectivity index (χ2n) is 7.70. The number of amides is 2. The van der Waals surface area contributed by atoms with Gasteiger partial charge in [0.2, 0.25) is 0 Å². The number of hydrogen-bond acceptors (Lipinski definition) is 3. The number of anilines is 1. The van der Waals surface area contributed by atoms with Crippen LogP contribution in [0.4, 0.5) is 5.69 Å². The van der Waals surface area contributed by atoms with E-state index in [9.17, 15) is 9.59 Å². The average molecular weight is 443 g/mol. The monoisotopic (exact) mass is 442 g/mol. The van der Waals surface area contributed by atoms with Crippen LogP contribution in [-0.2, 0) is 9.59 Å². The lowest BCUT2D eigenvalue weighted by Gasteiger charge is -2.31. The number of para-hydroxylation sites is 1. The van der Waals surface area contributed by atoms with Gasteiger partial charge in [0.05, 0.1) is 10.6 Å². The van der Waals surface area contributed by atoms with Crippen LogP contribution in [0.2, 0.25) is 10.0 Å². The van der Waals surface area contributed by atoms with E-state index in [2.05, 4.69) is 0 Å². The minimum absolute atomic E-state index is 0.0631.